The van der Waals surface area contributed by atoms with Crippen LogP contribution in [0.3, 0.4) is 0 Å². The molecule has 0 aliphatic carbocycles. The van der Waals surface area contributed by atoms with Gasteiger partial charge in [-0.2, -0.15) is 0 Å². The average Bonchev–Trinajstić information content (AvgIpc) is 2.95. The van der Waals surface area contributed by atoms with Crippen LogP contribution in [0.15, 0.2) is 24.3 Å². The Morgan fingerprint density at radius 2 is 2.17 bits per heavy atom. The molecule has 2 amide bonds. The second-order valence-electron chi connectivity index (χ2n) is 6.04. The molecule has 1 aliphatic heterocycles. The Hall–Kier alpha value is -2.57. The molecule has 1 aromatic carbocycles. The first-order valence-electron chi connectivity index (χ1n) is 8.11. The largest absolute Gasteiger partial charge is 0.469 e. The van der Waals surface area contributed by atoms with Gasteiger partial charge >= 0.3 is 12.0 Å². The van der Waals surface area contributed by atoms with E-state index in [2.05, 4.69) is 10.3 Å². The SMILES string of the molecule is COC(=O)[C@H]1CCCN(C(=O)NCc2nc3ccccc3n2C)C1. The van der Waals surface area contributed by atoms with E-state index in [1.807, 2.05) is 35.9 Å². The number of fused-ring (bicyclic) bond motifs is 1. The fourth-order valence-corrected chi connectivity index (χ4v) is 3.14. The van der Waals surface area contributed by atoms with Gasteiger partial charge in [0.05, 0.1) is 30.6 Å². The fraction of sp³-hybridized carbons (Fsp3) is 0.471. The maximum atomic E-state index is 12.4. The second kappa shape index (κ2) is 6.90. The number of ether oxygens (including phenoxy) is 1. The number of likely N-dealkylation sites (tertiary alicyclic amines) is 1. The van der Waals surface area contributed by atoms with Crippen LogP contribution in [0.25, 0.3) is 11.0 Å². The Balaban J connectivity index is 1.62. The minimum atomic E-state index is -0.247. The zero-order valence-corrected chi connectivity index (χ0v) is 14.0. The van der Waals surface area contributed by atoms with Crippen molar-refractivity contribution in [2.45, 2.75) is 19.4 Å². The molecule has 0 radical (unpaired) electrons. The standard InChI is InChI=1S/C17H22N4O3/c1-20-14-8-4-3-7-13(14)19-15(20)10-18-17(23)21-9-5-6-12(11-21)16(22)24-2/h3-4,7-8,12H,5-6,9-11H2,1-2H3,(H,18,23)/t12-/m0/s1. The van der Waals surface area contributed by atoms with Gasteiger partial charge in [-0.05, 0) is 25.0 Å². The van der Waals surface area contributed by atoms with Crippen LogP contribution in [-0.2, 0) is 23.1 Å². The van der Waals surface area contributed by atoms with Crippen molar-refractivity contribution in [3.63, 3.8) is 0 Å². The lowest BCUT2D eigenvalue weighted by Gasteiger charge is -2.31. The van der Waals surface area contributed by atoms with Crippen LogP contribution in [0.5, 0.6) is 0 Å². The normalized spacial score (nSPS) is 17.8. The van der Waals surface area contributed by atoms with Crippen molar-refractivity contribution in [2.75, 3.05) is 20.2 Å². The Labute approximate surface area is 140 Å². The lowest BCUT2D eigenvalue weighted by molar-refractivity contribution is -0.146. The summed E-state index contributed by atoms with van der Waals surface area (Å²) in [6, 6.07) is 7.69. The third-order valence-electron chi connectivity index (χ3n) is 4.52. The molecule has 0 bridgehead atoms. The van der Waals surface area contributed by atoms with Crippen molar-refractivity contribution in [1.29, 1.82) is 0 Å². The smallest absolute Gasteiger partial charge is 0.317 e. The lowest BCUT2D eigenvalue weighted by atomic mass is 9.98. The zero-order chi connectivity index (χ0) is 17.1. The summed E-state index contributed by atoms with van der Waals surface area (Å²) < 4.78 is 6.76. The molecule has 0 spiro atoms. The molecule has 7 heteroatoms. The third-order valence-corrected chi connectivity index (χ3v) is 4.52. The number of piperidine rings is 1. The van der Waals surface area contributed by atoms with E-state index in [0.29, 0.717) is 19.6 Å². The summed E-state index contributed by atoms with van der Waals surface area (Å²) in [5.41, 5.74) is 1.94. The molecule has 1 N–H and O–H groups in total. The summed E-state index contributed by atoms with van der Waals surface area (Å²) in [5.74, 6) is 0.319. The molecule has 7 nitrogen and oxygen atoms in total. The van der Waals surface area contributed by atoms with Gasteiger partial charge in [0, 0.05) is 20.1 Å². The number of nitrogens with one attached hydrogen (secondary N) is 1. The van der Waals surface area contributed by atoms with Gasteiger partial charge in [-0.1, -0.05) is 12.1 Å². The first-order valence-corrected chi connectivity index (χ1v) is 8.11. The highest BCUT2D eigenvalue weighted by Gasteiger charge is 2.29. The van der Waals surface area contributed by atoms with Gasteiger partial charge < -0.3 is 19.5 Å². The first kappa shape index (κ1) is 16.3. The van der Waals surface area contributed by atoms with Crippen LogP contribution in [0.2, 0.25) is 0 Å². The van der Waals surface area contributed by atoms with Crippen LogP contribution in [0.1, 0.15) is 18.7 Å². The highest BCUT2D eigenvalue weighted by atomic mass is 16.5. The number of rotatable bonds is 3. The Bertz CT molecular complexity index is 755. The predicted molar refractivity (Wildman–Crippen MR) is 89.3 cm³/mol. The van der Waals surface area contributed by atoms with E-state index in [0.717, 1.165) is 29.7 Å². The topological polar surface area (TPSA) is 76.5 Å². The van der Waals surface area contributed by atoms with Crippen LogP contribution < -0.4 is 5.32 Å². The molecule has 128 valence electrons. The number of urea groups is 1. The number of aryl methyl sites for hydroxylation is 1. The predicted octanol–water partition coefficient (Wildman–Crippen LogP) is 1.67. The lowest BCUT2D eigenvalue weighted by Crippen LogP contribution is -2.47. The van der Waals surface area contributed by atoms with Crippen LogP contribution >= 0.6 is 0 Å². The summed E-state index contributed by atoms with van der Waals surface area (Å²) in [5, 5.41) is 2.90. The Morgan fingerprint density at radius 3 is 2.92 bits per heavy atom. The van der Waals surface area contributed by atoms with E-state index in [9.17, 15) is 9.59 Å². The average molecular weight is 330 g/mol. The first-order chi connectivity index (χ1) is 11.6. The molecule has 0 saturated carbocycles. The second-order valence-corrected chi connectivity index (χ2v) is 6.04. The van der Waals surface area contributed by atoms with Crippen molar-refractivity contribution < 1.29 is 14.3 Å². The monoisotopic (exact) mass is 330 g/mol. The van der Waals surface area contributed by atoms with E-state index in [1.165, 1.54) is 7.11 Å². The van der Waals surface area contributed by atoms with E-state index >= 15 is 0 Å². The molecule has 1 aromatic heterocycles. The van der Waals surface area contributed by atoms with Crippen molar-refractivity contribution in [1.82, 2.24) is 19.8 Å². The van der Waals surface area contributed by atoms with Crippen molar-refractivity contribution >= 4 is 23.0 Å². The van der Waals surface area contributed by atoms with Gasteiger partial charge in [-0.25, -0.2) is 9.78 Å². The number of para-hydroxylation sites is 2. The summed E-state index contributed by atoms with van der Waals surface area (Å²) in [7, 11) is 3.32. The van der Waals surface area contributed by atoms with E-state index in [1.54, 1.807) is 4.90 Å². The molecule has 1 aliphatic rings. The molecule has 2 aromatic rings. The summed E-state index contributed by atoms with van der Waals surface area (Å²) in [6.07, 6.45) is 1.57. The van der Waals surface area contributed by atoms with Gasteiger partial charge in [0.15, 0.2) is 0 Å². The third kappa shape index (κ3) is 3.20. The number of esters is 1. The van der Waals surface area contributed by atoms with Gasteiger partial charge in [0.25, 0.3) is 0 Å². The summed E-state index contributed by atoms with van der Waals surface area (Å²) in [6.45, 7) is 1.41. The molecule has 1 saturated heterocycles. The number of carbonyl (C=O) groups excluding carboxylic acids is 2. The zero-order valence-electron chi connectivity index (χ0n) is 14.0. The van der Waals surface area contributed by atoms with E-state index in [4.69, 9.17) is 4.74 Å². The molecule has 0 unspecified atom stereocenters. The Kier molecular flexibility index (Phi) is 4.69. The number of hydrogen-bond donors (Lipinski definition) is 1. The molecule has 1 fully saturated rings. The molecule has 3 rings (SSSR count). The van der Waals surface area contributed by atoms with Gasteiger partial charge in [0.2, 0.25) is 0 Å². The fourth-order valence-electron chi connectivity index (χ4n) is 3.14. The summed E-state index contributed by atoms with van der Waals surface area (Å²) >= 11 is 0. The molecule has 1 atom stereocenters. The number of benzene rings is 1. The molecule has 24 heavy (non-hydrogen) atoms. The minimum absolute atomic E-state index is 0.171. The van der Waals surface area contributed by atoms with Gasteiger partial charge in [0.1, 0.15) is 5.82 Å². The number of imidazole rings is 1. The maximum Gasteiger partial charge on any atom is 0.317 e. The maximum absolute atomic E-state index is 12.4. The Morgan fingerprint density at radius 1 is 1.38 bits per heavy atom. The number of carbonyl (C=O) groups is 2. The highest BCUT2D eigenvalue weighted by Crippen LogP contribution is 2.18. The van der Waals surface area contributed by atoms with E-state index in [-0.39, 0.29) is 17.9 Å². The number of hydrogen-bond acceptors (Lipinski definition) is 4. The van der Waals surface area contributed by atoms with Crippen molar-refractivity contribution in [3.05, 3.63) is 30.1 Å². The number of nitrogens with zero attached hydrogens (tertiary/aromatic N) is 3. The van der Waals surface area contributed by atoms with Crippen LogP contribution in [-0.4, -0.2) is 46.7 Å². The van der Waals surface area contributed by atoms with Gasteiger partial charge in [-0.3, -0.25) is 4.79 Å². The van der Waals surface area contributed by atoms with Crippen LogP contribution in [0, 0.1) is 5.92 Å². The number of amides is 2. The number of aromatic nitrogens is 2. The van der Waals surface area contributed by atoms with E-state index < -0.39 is 0 Å². The highest BCUT2D eigenvalue weighted by molar-refractivity contribution is 5.78. The van der Waals surface area contributed by atoms with Crippen molar-refractivity contribution in [3.8, 4) is 0 Å². The molecular formula is C17H22N4O3. The van der Waals surface area contributed by atoms with Gasteiger partial charge in [-0.15, -0.1) is 0 Å². The van der Waals surface area contributed by atoms with Crippen molar-refractivity contribution in [2.24, 2.45) is 13.0 Å². The molecule has 2 heterocycles. The minimum Gasteiger partial charge on any atom is -0.469 e. The van der Waals surface area contributed by atoms with Crippen LogP contribution in [0.4, 0.5) is 4.79 Å². The summed E-state index contributed by atoms with van der Waals surface area (Å²) in [4.78, 5) is 30.3. The molecular weight excluding hydrogens is 308 g/mol. The quantitative estimate of drug-likeness (QED) is 0.869. The number of methoxy groups -OCH3 is 1.